The number of hydrogen-bond acceptors (Lipinski definition) is 3. The minimum Gasteiger partial charge on any atom is -0.491 e. The maximum atomic E-state index is 11.5. The van der Waals surface area contributed by atoms with Gasteiger partial charge >= 0.3 is 0 Å². The molecule has 0 atom stereocenters. The van der Waals surface area contributed by atoms with Gasteiger partial charge in [0.2, 0.25) is 0 Å². The van der Waals surface area contributed by atoms with Gasteiger partial charge in [0.1, 0.15) is 17.3 Å². The molecule has 1 aliphatic rings. The topological polar surface area (TPSA) is 43.4 Å². The van der Waals surface area contributed by atoms with Crippen LogP contribution in [0.3, 0.4) is 0 Å². The number of fused-ring (bicyclic) bond motifs is 1. The third-order valence-corrected chi connectivity index (χ3v) is 3.74. The number of benzene rings is 1. The van der Waals surface area contributed by atoms with E-state index < -0.39 is 9.84 Å². The molecular formula is C9H10O3S. The fraction of sp³-hybridized carbons (Fsp3) is 0.333. The molecule has 0 bridgehead atoms. The molecule has 0 unspecified atom stereocenters. The van der Waals surface area contributed by atoms with E-state index in [1.807, 2.05) is 13.0 Å². The van der Waals surface area contributed by atoms with Crippen molar-refractivity contribution in [3.8, 4) is 5.75 Å². The molecule has 0 saturated carbocycles. The Morgan fingerprint density at radius 3 is 2.92 bits per heavy atom. The molecule has 13 heavy (non-hydrogen) atoms. The standard InChI is InChI=1S/C9H10O3S/c1-7-2-3-8-9(6-7)13(10,11)5-4-12-8/h2-3,6H,4-5H2,1H3. The summed E-state index contributed by atoms with van der Waals surface area (Å²) < 4.78 is 28.3. The van der Waals surface area contributed by atoms with Gasteiger partial charge in [0.25, 0.3) is 0 Å². The van der Waals surface area contributed by atoms with Gasteiger partial charge in [-0.05, 0) is 24.6 Å². The predicted octanol–water partition coefficient (Wildman–Crippen LogP) is 1.16. The van der Waals surface area contributed by atoms with Crippen molar-refractivity contribution in [2.45, 2.75) is 11.8 Å². The van der Waals surface area contributed by atoms with Crippen molar-refractivity contribution in [3.05, 3.63) is 23.8 Å². The van der Waals surface area contributed by atoms with Crippen molar-refractivity contribution < 1.29 is 13.2 Å². The van der Waals surface area contributed by atoms with Gasteiger partial charge in [-0.2, -0.15) is 0 Å². The lowest BCUT2D eigenvalue weighted by atomic mass is 10.2. The van der Waals surface area contributed by atoms with E-state index in [9.17, 15) is 8.42 Å². The van der Waals surface area contributed by atoms with Gasteiger partial charge in [-0.15, -0.1) is 0 Å². The first-order chi connectivity index (χ1) is 6.09. The first-order valence-corrected chi connectivity index (χ1v) is 5.71. The van der Waals surface area contributed by atoms with E-state index in [0.29, 0.717) is 10.6 Å². The van der Waals surface area contributed by atoms with E-state index in [-0.39, 0.29) is 12.4 Å². The lowest BCUT2D eigenvalue weighted by molar-refractivity contribution is 0.322. The van der Waals surface area contributed by atoms with Crippen LogP contribution in [0.1, 0.15) is 5.56 Å². The Balaban J connectivity index is 2.68. The lowest BCUT2D eigenvalue weighted by Gasteiger charge is -2.17. The molecule has 1 heterocycles. The van der Waals surface area contributed by atoms with Crippen LogP contribution in [-0.4, -0.2) is 20.8 Å². The van der Waals surface area contributed by atoms with E-state index in [1.54, 1.807) is 12.1 Å². The average Bonchev–Trinajstić information content (AvgIpc) is 2.06. The zero-order valence-electron chi connectivity index (χ0n) is 7.28. The number of rotatable bonds is 0. The zero-order valence-corrected chi connectivity index (χ0v) is 8.10. The minimum absolute atomic E-state index is 0.0868. The van der Waals surface area contributed by atoms with Crippen molar-refractivity contribution in [2.24, 2.45) is 0 Å². The van der Waals surface area contributed by atoms with Gasteiger partial charge in [0.15, 0.2) is 9.84 Å². The van der Waals surface area contributed by atoms with Crippen LogP contribution in [0.2, 0.25) is 0 Å². The van der Waals surface area contributed by atoms with Gasteiger partial charge in [-0.25, -0.2) is 8.42 Å². The van der Waals surface area contributed by atoms with E-state index in [0.717, 1.165) is 5.56 Å². The Hall–Kier alpha value is -1.03. The molecule has 1 aromatic rings. The second-order valence-electron chi connectivity index (χ2n) is 3.12. The maximum Gasteiger partial charge on any atom is 0.185 e. The summed E-state index contributed by atoms with van der Waals surface area (Å²) in [5.41, 5.74) is 0.938. The van der Waals surface area contributed by atoms with Gasteiger partial charge in [0.05, 0.1) is 5.75 Å². The van der Waals surface area contributed by atoms with Gasteiger partial charge in [-0.3, -0.25) is 0 Å². The van der Waals surface area contributed by atoms with Crippen molar-refractivity contribution in [1.29, 1.82) is 0 Å². The molecule has 1 aromatic carbocycles. The third kappa shape index (κ3) is 1.42. The molecule has 4 heteroatoms. The highest BCUT2D eigenvalue weighted by molar-refractivity contribution is 7.91. The van der Waals surface area contributed by atoms with Crippen molar-refractivity contribution in [2.75, 3.05) is 12.4 Å². The normalized spacial score (nSPS) is 18.8. The Labute approximate surface area is 77.3 Å². The molecule has 0 spiro atoms. The summed E-state index contributed by atoms with van der Waals surface area (Å²) in [4.78, 5) is 0.332. The molecule has 0 N–H and O–H groups in total. The summed E-state index contributed by atoms with van der Waals surface area (Å²) in [5, 5.41) is 0. The molecule has 0 fully saturated rings. The van der Waals surface area contributed by atoms with Gasteiger partial charge in [0, 0.05) is 0 Å². The number of hydrogen-bond donors (Lipinski definition) is 0. The molecular weight excluding hydrogens is 188 g/mol. The Morgan fingerprint density at radius 1 is 1.38 bits per heavy atom. The van der Waals surface area contributed by atoms with Crippen LogP contribution < -0.4 is 4.74 Å². The molecule has 1 aliphatic heterocycles. The molecule has 0 aromatic heterocycles. The van der Waals surface area contributed by atoms with Crippen molar-refractivity contribution in [1.82, 2.24) is 0 Å². The van der Waals surface area contributed by atoms with Crippen LogP contribution in [0, 0.1) is 6.92 Å². The number of ether oxygens (including phenoxy) is 1. The van der Waals surface area contributed by atoms with E-state index in [4.69, 9.17) is 4.74 Å². The summed E-state index contributed by atoms with van der Waals surface area (Å²) in [6.07, 6.45) is 0. The molecule has 2 rings (SSSR count). The zero-order chi connectivity index (χ0) is 9.47. The maximum absolute atomic E-state index is 11.5. The highest BCUT2D eigenvalue weighted by atomic mass is 32.2. The molecule has 0 aliphatic carbocycles. The Morgan fingerprint density at radius 2 is 2.15 bits per heavy atom. The summed E-state index contributed by atoms with van der Waals surface area (Å²) in [6.45, 7) is 2.13. The SMILES string of the molecule is Cc1ccc2c(c1)S(=O)(=O)CCO2. The fourth-order valence-electron chi connectivity index (χ4n) is 1.35. The van der Waals surface area contributed by atoms with E-state index in [2.05, 4.69) is 0 Å². The second kappa shape index (κ2) is 2.73. The summed E-state index contributed by atoms with van der Waals surface area (Å²) in [7, 11) is -3.09. The highest BCUT2D eigenvalue weighted by Crippen LogP contribution is 2.28. The predicted molar refractivity (Wildman–Crippen MR) is 48.7 cm³/mol. The second-order valence-corrected chi connectivity index (χ2v) is 5.20. The highest BCUT2D eigenvalue weighted by Gasteiger charge is 2.24. The fourth-order valence-corrected chi connectivity index (χ4v) is 2.67. The summed E-state index contributed by atoms with van der Waals surface area (Å²) >= 11 is 0. The first-order valence-electron chi connectivity index (χ1n) is 4.06. The lowest BCUT2D eigenvalue weighted by Crippen LogP contribution is -2.21. The molecule has 0 amide bonds. The van der Waals surface area contributed by atoms with Crippen LogP contribution in [0.4, 0.5) is 0 Å². The number of aryl methyl sites for hydroxylation is 1. The Bertz CT molecular complexity index is 434. The van der Waals surface area contributed by atoms with Gasteiger partial charge < -0.3 is 4.74 Å². The van der Waals surface area contributed by atoms with Crippen LogP contribution in [-0.2, 0) is 9.84 Å². The first kappa shape index (κ1) is 8.56. The average molecular weight is 198 g/mol. The molecule has 70 valence electrons. The van der Waals surface area contributed by atoms with Crippen LogP contribution in [0.25, 0.3) is 0 Å². The smallest absolute Gasteiger partial charge is 0.185 e. The van der Waals surface area contributed by atoms with Crippen LogP contribution in [0.5, 0.6) is 5.75 Å². The molecule has 3 nitrogen and oxygen atoms in total. The summed E-state index contributed by atoms with van der Waals surface area (Å²) in [5.74, 6) is 0.570. The molecule has 0 saturated heterocycles. The quantitative estimate of drug-likeness (QED) is 0.628. The third-order valence-electron chi connectivity index (χ3n) is 2.04. The van der Waals surface area contributed by atoms with E-state index >= 15 is 0 Å². The largest absolute Gasteiger partial charge is 0.491 e. The van der Waals surface area contributed by atoms with E-state index in [1.165, 1.54) is 0 Å². The van der Waals surface area contributed by atoms with Gasteiger partial charge in [-0.1, -0.05) is 6.07 Å². The van der Waals surface area contributed by atoms with Crippen molar-refractivity contribution >= 4 is 9.84 Å². The Kier molecular flexibility index (Phi) is 1.80. The number of sulfone groups is 1. The monoisotopic (exact) mass is 198 g/mol. The van der Waals surface area contributed by atoms with Crippen LogP contribution in [0.15, 0.2) is 23.1 Å². The molecule has 0 radical (unpaired) electrons. The summed E-state index contributed by atoms with van der Waals surface area (Å²) in [6, 6.07) is 5.21. The van der Waals surface area contributed by atoms with Crippen molar-refractivity contribution in [3.63, 3.8) is 0 Å². The minimum atomic E-state index is -3.09. The van der Waals surface area contributed by atoms with Crippen LogP contribution >= 0.6 is 0 Å².